The summed E-state index contributed by atoms with van der Waals surface area (Å²) in [5.74, 6) is -0.482. The molecule has 0 amide bonds. The van der Waals surface area contributed by atoms with E-state index < -0.39 is 12.4 Å². The molecule has 0 fully saturated rings. The molecule has 3 nitrogen and oxygen atoms in total. The zero-order chi connectivity index (χ0) is 14.5. The van der Waals surface area contributed by atoms with Crippen molar-refractivity contribution in [3.63, 3.8) is 0 Å². The summed E-state index contributed by atoms with van der Waals surface area (Å²) in [6, 6.07) is 2.86. The first-order chi connectivity index (χ1) is 8.83. The molecule has 0 unspecified atom stereocenters. The van der Waals surface area contributed by atoms with E-state index >= 15 is 0 Å². The number of ether oxygens (including phenoxy) is 1. The molecular weight excluding hydrogens is 259 g/mol. The summed E-state index contributed by atoms with van der Waals surface area (Å²) in [6.07, 6.45) is -1.26. The number of alkyl halides is 3. The number of hydrogen-bond acceptors (Lipinski definition) is 3. The van der Waals surface area contributed by atoms with Gasteiger partial charge in [0.25, 0.3) is 0 Å². The Balaban J connectivity index is 2.78. The van der Waals surface area contributed by atoms with E-state index in [9.17, 15) is 18.3 Å². The predicted molar refractivity (Wildman–Crippen MR) is 65.9 cm³/mol. The molecule has 0 saturated carbocycles. The fourth-order valence-electron chi connectivity index (χ4n) is 1.80. The molecule has 0 saturated heterocycles. The Bertz CT molecular complexity index is 407. The van der Waals surface area contributed by atoms with Gasteiger partial charge in [0.05, 0.1) is 0 Å². The van der Waals surface area contributed by atoms with Crippen molar-refractivity contribution >= 4 is 0 Å². The Morgan fingerprint density at radius 1 is 1.32 bits per heavy atom. The highest BCUT2D eigenvalue weighted by Crippen LogP contribution is 2.32. The number of nitrogens with two attached hydrogens (primary N) is 1. The number of hydrogen-bond donors (Lipinski definition) is 2. The lowest BCUT2D eigenvalue weighted by atomic mass is 10.0. The molecule has 6 heteroatoms. The lowest BCUT2D eigenvalue weighted by Gasteiger charge is -2.16. The first-order valence-corrected chi connectivity index (χ1v) is 6.17. The minimum Gasteiger partial charge on any atom is -0.508 e. The molecule has 3 N–H and O–H groups in total. The predicted octanol–water partition coefficient (Wildman–Crippen LogP) is 3.87. The maximum Gasteiger partial charge on any atom is 0.573 e. The quantitative estimate of drug-likeness (QED) is 0.776. The number of phenols is 1. The number of aromatic hydroxyl groups is 1. The molecule has 0 aliphatic rings. The van der Waals surface area contributed by atoms with Crippen LogP contribution in [0.3, 0.4) is 0 Å². The highest BCUT2D eigenvalue weighted by atomic mass is 19.4. The van der Waals surface area contributed by atoms with Gasteiger partial charge < -0.3 is 15.6 Å². The molecule has 0 aromatic heterocycles. The van der Waals surface area contributed by atoms with E-state index in [4.69, 9.17) is 5.73 Å². The molecule has 1 rings (SSSR count). The molecule has 0 heterocycles. The third-order valence-corrected chi connectivity index (χ3v) is 2.75. The van der Waals surface area contributed by atoms with Crippen LogP contribution >= 0.6 is 0 Å². The van der Waals surface area contributed by atoms with Crippen molar-refractivity contribution in [2.75, 3.05) is 0 Å². The largest absolute Gasteiger partial charge is 0.573 e. The van der Waals surface area contributed by atoms with Crippen molar-refractivity contribution in [2.24, 2.45) is 5.73 Å². The molecule has 0 aliphatic heterocycles. The van der Waals surface area contributed by atoms with E-state index in [1.807, 2.05) is 6.92 Å². The second-order valence-corrected chi connectivity index (χ2v) is 4.37. The third-order valence-electron chi connectivity index (χ3n) is 2.75. The molecule has 0 spiro atoms. The molecule has 0 aliphatic carbocycles. The Hall–Kier alpha value is -1.43. The van der Waals surface area contributed by atoms with E-state index in [0.29, 0.717) is 6.42 Å². The van der Waals surface area contributed by atoms with Gasteiger partial charge in [-0.05, 0) is 24.6 Å². The van der Waals surface area contributed by atoms with Crippen LogP contribution in [0, 0.1) is 0 Å². The topological polar surface area (TPSA) is 55.5 Å². The highest BCUT2D eigenvalue weighted by molar-refractivity contribution is 5.41. The molecule has 108 valence electrons. The lowest BCUT2D eigenvalue weighted by Crippen LogP contribution is -2.18. The molecule has 0 radical (unpaired) electrons. The maximum absolute atomic E-state index is 12.1. The average Bonchev–Trinajstić information content (AvgIpc) is 2.30. The number of unbranched alkanes of at least 4 members (excludes halogenated alkanes) is 2. The van der Waals surface area contributed by atoms with Crippen LogP contribution in [0.1, 0.15) is 44.2 Å². The molecular formula is C13H18F3NO2. The monoisotopic (exact) mass is 277 g/mol. The van der Waals surface area contributed by atoms with E-state index in [1.165, 1.54) is 0 Å². The van der Waals surface area contributed by atoms with E-state index in [-0.39, 0.29) is 17.1 Å². The van der Waals surface area contributed by atoms with Crippen molar-refractivity contribution in [3.05, 3.63) is 23.8 Å². The fourth-order valence-corrected chi connectivity index (χ4v) is 1.80. The number of rotatable bonds is 6. The standard InChI is InChI=1S/C13H18F3NO2/c1-2-3-4-5-11(17)10-8-9(6-7-12(10)18)19-13(14,15)16/h6-8,11,18H,2-5,17H2,1H3/t11-/m1/s1. The Labute approximate surface area is 110 Å². The summed E-state index contributed by atoms with van der Waals surface area (Å²) in [5.41, 5.74) is 6.15. The van der Waals surface area contributed by atoms with E-state index in [1.54, 1.807) is 0 Å². The van der Waals surface area contributed by atoms with E-state index in [2.05, 4.69) is 4.74 Å². The van der Waals surface area contributed by atoms with Gasteiger partial charge in [-0.3, -0.25) is 0 Å². The van der Waals surface area contributed by atoms with Crippen molar-refractivity contribution < 1.29 is 23.0 Å². The Morgan fingerprint density at radius 2 is 2.00 bits per heavy atom. The third kappa shape index (κ3) is 5.38. The molecule has 0 bridgehead atoms. The van der Waals surface area contributed by atoms with Crippen LogP contribution in [0.25, 0.3) is 0 Å². The van der Waals surface area contributed by atoms with Gasteiger partial charge >= 0.3 is 6.36 Å². The molecule has 1 atom stereocenters. The van der Waals surface area contributed by atoms with Gasteiger partial charge in [-0.15, -0.1) is 13.2 Å². The normalized spacial score (nSPS) is 13.3. The van der Waals surface area contributed by atoms with Gasteiger partial charge in [0.15, 0.2) is 0 Å². The summed E-state index contributed by atoms with van der Waals surface area (Å²) in [6.45, 7) is 2.04. The number of benzene rings is 1. The smallest absolute Gasteiger partial charge is 0.508 e. The second kappa shape index (κ2) is 6.65. The number of phenolic OH excluding ortho intramolecular Hbond substituents is 1. The SMILES string of the molecule is CCCCC[C@@H](N)c1cc(OC(F)(F)F)ccc1O. The van der Waals surface area contributed by atoms with Crippen LogP contribution in [0.15, 0.2) is 18.2 Å². The van der Waals surface area contributed by atoms with Crippen LogP contribution in [0.2, 0.25) is 0 Å². The van der Waals surface area contributed by atoms with Crippen molar-refractivity contribution in [1.82, 2.24) is 0 Å². The maximum atomic E-state index is 12.1. The van der Waals surface area contributed by atoms with Crippen LogP contribution < -0.4 is 10.5 Å². The lowest BCUT2D eigenvalue weighted by molar-refractivity contribution is -0.274. The average molecular weight is 277 g/mol. The molecule has 1 aromatic carbocycles. The molecule has 1 aromatic rings. The van der Waals surface area contributed by atoms with E-state index in [0.717, 1.165) is 37.5 Å². The van der Waals surface area contributed by atoms with Crippen molar-refractivity contribution in [1.29, 1.82) is 0 Å². The molecule has 19 heavy (non-hydrogen) atoms. The van der Waals surface area contributed by atoms with Gasteiger partial charge in [-0.2, -0.15) is 0 Å². The Morgan fingerprint density at radius 3 is 2.58 bits per heavy atom. The van der Waals surface area contributed by atoms with Crippen LogP contribution in [-0.2, 0) is 0 Å². The van der Waals surface area contributed by atoms with Crippen LogP contribution in [0.4, 0.5) is 13.2 Å². The minimum atomic E-state index is -4.75. The first-order valence-electron chi connectivity index (χ1n) is 6.17. The summed E-state index contributed by atoms with van der Waals surface area (Å²) in [4.78, 5) is 0. The van der Waals surface area contributed by atoms with Gasteiger partial charge in [-0.25, -0.2) is 0 Å². The first kappa shape index (κ1) is 15.6. The van der Waals surface area contributed by atoms with Crippen molar-refractivity contribution in [3.8, 4) is 11.5 Å². The van der Waals surface area contributed by atoms with Gasteiger partial charge in [0.2, 0.25) is 0 Å². The van der Waals surface area contributed by atoms with Crippen molar-refractivity contribution in [2.45, 2.75) is 45.0 Å². The minimum absolute atomic E-state index is 0.112. The van der Waals surface area contributed by atoms with Crippen LogP contribution in [0.5, 0.6) is 11.5 Å². The van der Waals surface area contributed by atoms with Crippen LogP contribution in [-0.4, -0.2) is 11.5 Å². The van der Waals surface area contributed by atoms with Gasteiger partial charge in [-0.1, -0.05) is 26.2 Å². The summed E-state index contributed by atoms with van der Waals surface area (Å²) >= 11 is 0. The second-order valence-electron chi connectivity index (χ2n) is 4.37. The fraction of sp³-hybridized carbons (Fsp3) is 0.538. The zero-order valence-corrected chi connectivity index (χ0v) is 10.7. The summed E-state index contributed by atoms with van der Waals surface area (Å²) in [7, 11) is 0. The zero-order valence-electron chi connectivity index (χ0n) is 10.7. The van der Waals surface area contributed by atoms with Gasteiger partial charge in [0.1, 0.15) is 11.5 Å². The summed E-state index contributed by atoms with van der Waals surface area (Å²) < 4.78 is 40.1. The number of halogens is 3. The summed E-state index contributed by atoms with van der Waals surface area (Å²) in [5, 5.41) is 9.64. The Kier molecular flexibility index (Phi) is 5.47. The highest BCUT2D eigenvalue weighted by Gasteiger charge is 2.31. The van der Waals surface area contributed by atoms with Gasteiger partial charge in [0, 0.05) is 11.6 Å².